The Morgan fingerprint density at radius 1 is 1.47 bits per heavy atom. The van der Waals surface area contributed by atoms with Gasteiger partial charge in [0, 0.05) is 10.2 Å². The molecule has 2 rings (SSSR count). The summed E-state index contributed by atoms with van der Waals surface area (Å²) in [7, 11) is 0. The van der Waals surface area contributed by atoms with Crippen molar-refractivity contribution in [2.75, 3.05) is 11.9 Å². The summed E-state index contributed by atoms with van der Waals surface area (Å²) in [5, 5.41) is 6.23. The van der Waals surface area contributed by atoms with E-state index < -0.39 is 0 Å². The number of hydrogen-bond acceptors (Lipinski definition) is 2. The van der Waals surface area contributed by atoms with E-state index in [0.717, 1.165) is 35.1 Å². The first kappa shape index (κ1) is 12.6. The summed E-state index contributed by atoms with van der Waals surface area (Å²) < 4.78 is 1.03. The van der Waals surface area contributed by atoms with Crippen molar-refractivity contribution in [3.8, 4) is 0 Å². The summed E-state index contributed by atoms with van der Waals surface area (Å²) in [5.74, 6) is 0.0788. The Kier molecular flexibility index (Phi) is 4.18. The number of carbonyl (C=O) groups is 1. The minimum absolute atomic E-state index is 0.0354. The number of nitrogens with one attached hydrogen (secondary N) is 2. The van der Waals surface area contributed by atoms with Crippen LogP contribution in [0.4, 0.5) is 5.69 Å². The lowest BCUT2D eigenvalue weighted by Crippen LogP contribution is -2.43. The molecule has 2 N–H and O–H groups in total. The second-order valence-electron chi connectivity index (χ2n) is 4.45. The first-order chi connectivity index (χ1) is 8.16. The summed E-state index contributed by atoms with van der Waals surface area (Å²) in [5.41, 5.74) is 1.97. The molecule has 3 nitrogen and oxygen atoms in total. The van der Waals surface area contributed by atoms with Crippen LogP contribution in [0.3, 0.4) is 0 Å². The molecule has 1 fully saturated rings. The third-order valence-corrected chi connectivity index (χ3v) is 3.57. The molecule has 0 spiro atoms. The van der Waals surface area contributed by atoms with E-state index in [0.29, 0.717) is 0 Å². The maximum atomic E-state index is 12.0. The molecule has 4 heteroatoms. The van der Waals surface area contributed by atoms with Gasteiger partial charge in [0.15, 0.2) is 0 Å². The predicted molar refractivity (Wildman–Crippen MR) is 73.2 cm³/mol. The van der Waals surface area contributed by atoms with Gasteiger partial charge in [-0.25, -0.2) is 0 Å². The van der Waals surface area contributed by atoms with Crippen LogP contribution in [-0.4, -0.2) is 18.5 Å². The molecule has 1 saturated heterocycles. The van der Waals surface area contributed by atoms with Gasteiger partial charge in [0.1, 0.15) is 0 Å². The molecular weight excluding hydrogens is 280 g/mol. The summed E-state index contributed by atoms with van der Waals surface area (Å²) in [4.78, 5) is 12.0. The second kappa shape index (κ2) is 5.65. The highest BCUT2D eigenvalue weighted by molar-refractivity contribution is 9.10. The quantitative estimate of drug-likeness (QED) is 0.881. The van der Waals surface area contributed by atoms with Gasteiger partial charge < -0.3 is 10.6 Å². The molecule has 1 unspecified atom stereocenters. The van der Waals surface area contributed by atoms with Gasteiger partial charge in [0.2, 0.25) is 5.91 Å². The van der Waals surface area contributed by atoms with Crippen molar-refractivity contribution >= 4 is 27.5 Å². The molecule has 1 heterocycles. The summed E-state index contributed by atoms with van der Waals surface area (Å²) in [6.07, 6.45) is 3.23. The first-order valence-corrected chi connectivity index (χ1v) is 6.76. The lowest BCUT2D eigenvalue weighted by Gasteiger charge is -2.23. The number of carbonyl (C=O) groups excluding carboxylic acids is 1. The van der Waals surface area contributed by atoms with E-state index in [9.17, 15) is 4.79 Å². The number of hydrogen-bond donors (Lipinski definition) is 2. The number of amides is 1. The minimum atomic E-state index is -0.0354. The Morgan fingerprint density at radius 2 is 2.29 bits per heavy atom. The third kappa shape index (κ3) is 3.30. The zero-order valence-corrected chi connectivity index (χ0v) is 11.5. The van der Waals surface area contributed by atoms with Crippen LogP contribution in [0.5, 0.6) is 0 Å². The molecule has 0 bridgehead atoms. The van der Waals surface area contributed by atoms with Crippen LogP contribution in [0.15, 0.2) is 22.7 Å². The van der Waals surface area contributed by atoms with Crippen LogP contribution < -0.4 is 10.6 Å². The molecule has 1 aliphatic rings. The highest BCUT2D eigenvalue weighted by atomic mass is 79.9. The summed E-state index contributed by atoms with van der Waals surface area (Å²) in [6, 6.07) is 5.84. The van der Waals surface area contributed by atoms with Crippen molar-refractivity contribution in [3.05, 3.63) is 28.2 Å². The number of aryl methyl sites for hydroxylation is 1. The monoisotopic (exact) mass is 296 g/mol. The lowest BCUT2D eigenvalue weighted by atomic mass is 10.0. The van der Waals surface area contributed by atoms with E-state index in [1.807, 2.05) is 25.1 Å². The molecule has 0 saturated carbocycles. The number of halogens is 1. The van der Waals surface area contributed by atoms with Crippen LogP contribution in [0, 0.1) is 6.92 Å². The maximum Gasteiger partial charge on any atom is 0.241 e. The van der Waals surface area contributed by atoms with Crippen molar-refractivity contribution in [2.45, 2.75) is 32.2 Å². The molecule has 0 radical (unpaired) electrons. The Labute approximate surface area is 110 Å². The van der Waals surface area contributed by atoms with E-state index in [-0.39, 0.29) is 11.9 Å². The van der Waals surface area contributed by atoms with Gasteiger partial charge in [-0.3, -0.25) is 4.79 Å². The van der Waals surface area contributed by atoms with Crippen LogP contribution in [0.1, 0.15) is 24.8 Å². The van der Waals surface area contributed by atoms with Gasteiger partial charge in [-0.2, -0.15) is 0 Å². The van der Waals surface area contributed by atoms with Crippen molar-refractivity contribution in [1.29, 1.82) is 0 Å². The number of benzene rings is 1. The molecule has 1 amide bonds. The number of anilines is 1. The fraction of sp³-hybridized carbons (Fsp3) is 0.462. The number of piperidine rings is 1. The van der Waals surface area contributed by atoms with Gasteiger partial charge >= 0.3 is 0 Å². The van der Waals surface area contributed by atoms with Crippen molar-refractivity contribution in [2.24, 2.45) is 0 Å². The number of rotatable bonds is 2. The van der Waals surface area contributed by atoms with Crippen LogP contribution in [0.2, 0.25) is 0 Å². The highest BCUT2D eigenvalue weighted by Gasteiger charge is 2.20. The normalized spacial score (nSPS) is 20.0. The second-order valence-corrected chi connectivity index (χ2v) is 5.37. The minimum Gasteiger partial charge on any atom is -0.324 e. The average molecular weight is 297 g/mol. The molecule has 0 aliphatic carbocycles. The van der Waals surface area contributed by atoms with Crippen molar-refractivity contribution in [3.63, 3.8) is 0 Å². The zero-order chi connectivity index (χ0) is 12.3. The highest BCUT2D eigenvalue weighted by Crippen LogP contribution is 2.20. The summed E-state index contributed by atoms with van der Waals surface area (Å²) in [6.45, 7) is 2.94. The molecular formula is C13H17BrN2O. The molecule has 1 aromatic rings. The zero-order valence-electron chi connectivity index (χ0n) is 9.92. The molecule has 1 aliphatic heterocycles. The Balaban J connectivity index is 2.02. The predicted octanol–water partition coefficient (Wildman–Crippen LogP) is 2.84. The standard InChI is InChI=1S/C13H17BrN2O/c1-9-8-10(14)5-6-11(9)16-13(17)12-4-2-3-7-15-12/h5-6,8,12,15H,2-4,7H2,1H3,(H,16,17). The molecule has 92 valence electrons. The van der Waals surface area contributed by atoms with Gasteiger partial charge in [0.05, 0.1) is 6.04 Å². The summed E-state index contributed by atoms with van der Waals surface area (Å²) >= 11 is 3.41. The van der Waals surface area contributed by atoms with Crippen molar-refractivity contribution in [1.82, 2.24) is 5.32 Å². The van der Waals surface area contributed by atoms with Gasteiger partial charge in [-0.05, 0) is 50.1 Å². The smallest absolute Gasteiger partial charge is 0.241 e. The topological polar surface area (TPSA) is 41.1 Å². The largest absolute Gasteiger partial charge is 0.324 e. The fourth-order valence-corrected chi connectivity index (χ4v) is 2.54. The van der Waals surface area contributed by atoms with E-state index in [2.05, 4.69) is 26.6 Å². The van der Waals surface area contributed by atoms with E-state index in [1.165, 1.54) is 6.42 Å². The Hall–Kier alpha value is -0.870. The van der Waals surface area contributed by atoms with E-state index >= 15 is 0 Å². The molecule has 17 heavy (non-hydrogen) atoms. The maximum absolute atomic E-state index is 12.0. The fourth-order valence-electron chi connectivity index (χ4n) is 2.06. The molecule has 1 atom stereocenters. The van der Waals surface area contributed by atoms with E-state index in [4.69, 9.17) is 0 Å². The first-order valence-electron chi connectivity index (χ1n) is 5.97. The van der Waals surface area contributed by atoms with Crippen molar-refractivity contribution < 1.29 is 4.79 Å². The van der Waals surface area contributed by atoms with Gasteiger partial charge in [-0.1, -0.05) is 22.4 Å². The Morgan fingerprint density at radius 3 is 2.94 bits per heavy atom. The Bertz CT molecular complexity index is 414. The van der Waals surface area contributed by atoms with Crippen LogP contribution in [0.25, 0.3) is 0 Å². The van der Waals surface area contributed by atoms with Gasteiger partial charge in [-0.15, -0.1) is 0 Å². The average Bonchev–Trinajstić information content (AvgIpc) is 2.34. The van der Waals surface area contributed by atoms with Crippen LogP contribution in [-0.2, 0) is 4.79 Å². The SMILES string of the molecule is Cc1cc(Br)ccc1NC(=O)C1CCCCN1. The molecule has 0 aromatic heterocycles. The van der Waals surface area contributed by atoms with E-state index in [1.54, 1.807) is 0 Å². The molecule has 1 aromatic carbocycles. The van der Waals surface area contributed by atoms with Crippen LogP contribution >= 0.6 is 15.9 Å². The lowest BCUT2D eigenvalue weighted by molar-refractivity contribution is -0.118. The third-order valence-electron chi connectivity index (χ3n) is 3.07. The van der Waals surface area contributed by atoms with Gasteiger partial charge in [0.25, 0.3) is 0 Å².